The SMILES string of the molecule is O=C(Nc1ccc(C(=O)O)cc1OC1CC1)OCC1c2ccccc2-c2ccccc21. The summed E-state index contributed by atoms with van der Waals surface area (Å²) in [6.45, 7) is 0.200. The van der Waals surface area contributed by atoms with Crippen molar-refractivity contribution in [3.05, 3.63) is 83.4 Å². The van der Waals surface area contributed by atoms with E-state index < -0.39 is 12.1 Å². The zero-order chi connectivity index (χ0) is 21.4. The van der Waals surface area contributed by atoms with Crippen molar-refractivity contribution in [2.24, 2.45) is 0 Å². The Balaban J connectivity index is 1.31. The van der Waals surface area contributed by atoms with E-state index in [1.54, 1.807) is 0 Å². The number of carboxylic acids is 1. The van der Waals surface area contributed by atoms with E-state index in [2.05, 4.69) is 29.6 Å². The van der Waals surface area contributed by atoms with Crippen LogP contribution in [-0.2, 0) is 4.74 Å². The largest absolute Gasteiger partial charge is 0.488 e. The molecular formula is C25H21NO5. The fourth-order valence-corrected chi connectivity index (χ4v) is 3.97. The number of hydrogen-bond donors (Lipinski definition) is 2. The first kappa shape index (κ1) is 19.2. The lowest BCUT2D eigenvalue weighted by Crippen LogP contribution is -2.18. The number of carbonyl (C=O) groups is 2. The molecule has 1 saturated carbocycles. The molecular weight excluding hydrogens is 394 g/mol. The molecule has 5 rings (SSSR count). The predicted molar refractivity (Wildman–Crippen MR) is 116 cm³/mol. The number of ether oxygens (including phenoxy) is 2. The monoisotopic (exact) mass is 415 g/mol. The molecule has 0 atom stereocenters. The summed E-state index contributed by atoms with van der Waals surface area (Å²) in [5.74, 6) is -0.737. The van der Waals surface area contributed by atoms with Crippen molar-refractivity contribution in [1.29, 1.82) is 0 Å². The van der Waals surface area contributed by atoms with E-state index >= 15 is 0 Å². The number of rotatable bonds is 6. The lowest BCUT2D eigenvalue weighted by atomic mass is 9.98. The average Bonchev–Trinajstić information content (AvgIpc) is 3.54. The van der Waals surface area contributed by atoms with Crippen LogP contribution in [0.3, 0.4) is 0 Å². The molecule has 1 amide bonds. The highest BCUT2D eigenvalue weighted by molar-refractivity contribution is 5.92. The van der Waals surface area contributed by atoms with Gasteiger partial charge in [0.2, 0.25) is 0 Å². The number of carboxylic acid groups (broad SMARTS) is 1. The smallest absolute Gasteiger partial charge is 0.411 e. The fraction of sp³-hybridized carbons (Fsp3) is 0.200. The van der Waals surface area contributed by atoms with Crippen LogP contribution < -0.4 is 10.1 Å². The van der Waals surface area contributed by atoms with Crippen LogP contribution in [0, 0.1) is 0 Å². The zero-order valence-electron chi connectivity index (χ0n) is 16.7. The summed E-state index contributed by atoms with van der Waals surface area (Å²) in [6, 6.07) is 20.7. The van der Waals surface area contributed by atoms with Crippen LogP contribution in [0.15, 0.2) is 66.7 Å². The van der Waals surface area contributed by atoms with Crippen LogP contribution in [-0.4, -0.2) is 29.9 Å². The van der Waals surface area contributed by atoms with Gasteiger partial charge in [-0.25, -0.2) is 9.59 Å². The quantitative estimate of drug-likeness (QED) is 0.572. The summed E-state index contributed by atoms with van der Waals surface area (Å²) in [4.78, 5) is 23.8. The lowest BCUT2D eigenvalue weighted by Gasteiger charge is -2.16. The van der Waals surface area contributed by atoms with E-state index in [0.29, 0.717) is 11.4 Å². The number of nitrogens with one attached hydrogen (secondary N) is 1. The van der Waals surface area contributed by atoms with Gasteiger partial charge in [0.15, 0.2) is 0 Å². The fourth-order valence-electron chi connectivity index (χ4n) is 3.97. The third-order valence-electron chi connectivity index (χ3n) is 5.63. The van der Waals surface area contributed by atoms with E-state index in [0.717, 1.165) is 35.1 Å². The number of anilines is 1. The van der Waals surface area contributed by atoms with Crippen LogP contribution in [0.5, 0.6) is 5.75 Å². The highest BCUT2D eigenvalue weighted by Gasteiger charge is 2.29. The van der Waals surface area contributed by atoms with Gasteiger partial charge in [-0.05, 0) is 53.3 Å². The van der Waals surface area contributed by atoms with E-state index in [1.165, 1.54) is 18.2 Å². The van der Waals surface area contributed by atoms with Crippen LogP contribution >= 0.6 is 0 Å². The van der Waals surface area contributed by atoms with Gasteiger partial charge in [-0.3, -0.25) is 5.32 Å². The maximum absolute atomic E-state index is 12.6. The van der Waals surface area contributed by atoms with Gasteiger partial charge in [0.05, 0.1) is 17.4 Å². The molecule has 156 valence electrons. The van der Waals surface area contributed by atoms with Gasteiger partial charge in [-0.2, -0.15) is 0 Å². The van der Waals surface area contributed by atoms with E-state index in [1.807, 2.05) is 24.3 Å². The van der Waals surface area contributed by atoms with Crippen molar-refractivity contribution in [1.82, 2.24) is 0 Å². The summed E-state index contributed by atoms with van der Waals surface area (Å²) >= 11 is 0. The molecule has 6 heteroatoms. The predicted octanol–water partition coefficient (Wildman–Crippen LogP) is 5.29. The number of benzene rings is 3. The third-order valence-corrected chi connectivity index (χ3v) is 5.63. The Morgan fingerprint density at radius 2 is 1.58 bits per heavy atom. The van der Waals surface area contributed by atoms with Gasteiger partial charge in [0, 0.05) is 5.92 Å². The van der Waals surface area contributed by atoms with Gasteiger partial charge < -0.3 is 14.6 Å². The Morgan fingerprint density at radius 1 is 0.935 bits per heavy atom. The van der Waals surface area contributed by atoms with Gasteiger partial charge in [-0.1, -0.05) is 48.5 Å². The maximum atomic E-state index is 12.6. The van der Waals surface area contributed by atoms with Crippen LogP contribution in [0.1, 0.15) is 40.2 Å². The molecule has 31 heavy (non-hydrogen) atoms. The molecule has 0 bridgehead atoms. The standard InChI is InChI=1S/C25H21NO5/c27-24(28)15-9-12-22(23(13-15)31-16-10-11-16)26-25(29)30-14-21-19-7-3-1-5-17(19)18-6-2-4-8-20(18)21/h1-9,12-13,16,21H,10-11,14H2,(H,26,29)(H,27,28). The second kappa shape index (κ2) is 7.80. The van der Waals surface area contributed by atoms with Crippen molar-refractivity contribution in [2.45, 2.75) is 24.9 Å². The van der Waals surface area contributed by atoms with Crippen LogP contribution in [0.25, 0.3) is 11.1 Å². The first-order valence-corrected chi connectivity index (χ1v) is 10.3. The van der Waals surface area contributed by atoms with Crippen LogP contribution in [0.2, 0.25) is 0 Å². The van der Waals surface area contributed by atoms with Crippen LogP contribution in [0.4, 0.5) is 10.5 Å². The minimum absolute atomic E-state index is 0.0327. The molecule has 0 unspecified atom stereocenters. The van der Waals surface area contributed by atoms with Gasteiger partial charge in [0.25, 0.3) is 0 Å². The molecule has 3 aromatic rings. The first-order chi connectivity index (χ1) is 15.1. The van der Waals surface area contributed by atoms with E-state index in [-0.39, 0.29) is 24.2 Å². The van der Waals surface area contributed by atoms with Gasteiger partial charge in [0.1, 0.15) is 12.4 Å². The van der Waals surface area contributed by atoms with Gasteiger partial charge >= 0.3 is 12.1 Å². The highest BCUT2D eigenvalue weighted by Crippen LogP contribution is 2.44. The minimum Gasteiger partial charge on any atom is -0.488 e. The number of amides is 1. The minimum atomic E-state index is -1.05. The van der Waals surface area contributed by atoms with Crippen molar-refractivity contribution < 1.29 is 24.2 Å². The number of fused-ring (bicyclic) bond motifs is 3. The third kappa shape index (κ3) is 3.84. The molecule has 6 nitrogen and oxygen atoms in total. The maximum Gasteiger partial charge on any atom is 0.411 e. The highest BCUT2D eigenvalue weighted by atomic mass is 16.5. The summed E-state index contributed by atoms with van der Waals surface area (Å²) in [5.41, 5.74) is 5.11. The summed E-state index contributed by atoms with van der Waals surface area (Å²) in [5, 5.41) is 11.9. The molecule has 0 heterocycles. The lowest BCUT2D eigenvalue weighted by molar-refractivity contribution is 0.0696. The molecule has 2 aliphatic rings. The molecule has 3 aromatic carbocycles. The molecule has 0 aromatic heterocycles. The average molecular weight is 415 g/mol. The summed E-state index contributed by atoms with van der Waals surface area (Å²) < 4.78 is 11.4. The van der Waals surface area contributed by atoms with Crippen molar-refractivity contribution in [3.8, 4) is 16.9 Å². The molecule has 0 radical (unpaired) electrons. The molecule has 2 N–H and O–H groups in total. The Morgan fingerprint density at radius 3 is 2.19 bits per heavy atom. The number of aromatic carboxylic acids is 1. The van der Waals surface area contributed by atoms with Crippen molar-refractivity contribution in [2.75, 3.05) is 11.9 Å². The summed E-state index contributed by atoms with van der Waals surface area (Å²) in [6.07, 6.45) is 1.29. The zero-order valence-corrected chi connectivity index (χ0v) is 16.7. The van der Waals surface area contributed by atoms with Gasteiger partial charge in [-0.15, -0.1) is 0 Å². The molecule has 0 spiro atoms. The molecule has 0 aliphatic heterocycles. The number of carbonyl (C=O) groups excluding carboxylic acids is 1. The first-order valence-electron chi connectivity index (χ1n) is 10.3. The summed E-state index contributed by atoms with van der Waals surface area (Å²) in [7, 11) is 0. The Bertz CT molecular complexity index is 1120. The van der Waals surface area contributed by atoms with E-state index in [9.17, 15) is 14.7 Å². The Kier molecular flexibility index (Phi) is 4.82. The Hall–Kier alpha value is -3.80. The Labute approximate surface area is 179 Å². The normalized spacial score (nSPS) is 14.5. The molecule has 0 saturated heterocycles. The van der Waals surface area contributed by atoms with Crippen molar-refractivity contribution >= 4 is 17.7 Å². The topological polar surface area (TPSA) is 84.9 Å². The second-order valence-corrected chi connectivity index (χ2v) is 7.78. The number of hydrogen-bond acceptors (Lipinski definition) is 4. The molecule has 1 fully saturated rings. The second-order valence-electron chi connectivity index (χ2n) is 7.78. The molecule has 2 aliphatic carbocycles. The van der Waals surface area contributed by atoms with E-state index in [4.69, 9.17) is 9.47 Å². The van der Waals surface area contributed by atoms with Crippen molar-refractivity contribution in [3.63, 3.8) is 0 Å².